The summed E-state index contributed by atoms with van der Waals surface area (Å²) in [6, 6.07) is 11.0. The van der Waals surface area contributed by atoms with Crippen LogP contribution in [-0.2, 0) is 19.1 Å². The van der Waals surface area contributed by atoms with Gasteiger partial charge in [0.1, 0.15) is 0 Å². The van der Waals surface area contributed by atoms with Crippen LogP contribution in [0.5, 0.6) is 0 Å². The lowest BCUT2D eigenvalue weighted by Gasteiger charge is -2.28. The molecule has 1 aromatic heterocycles. The Hall–Kier alpha value is -2.71. The van der Waals surface area contributed by atoms with E-state index in [9.17, 15) is 14.4 Å². The van der Waals surface area contributed by atoms with Gasteiger partial charge in [-0.1, -0.05) is 6.07 Å². The third-order valence-corrected chi connectivity index (χ3v) is 5.45. The largest absolute Gasteiger partial charge is 0.453 e. The van der Waals surface area contributed by atoms with E-state index in [1.165, 1.54) is 18.3 Å². The number of amides is 1. The molecule has 1 aromatic carbocycles. The van der Waals surface area contributed by atoms with Crippen molar-refractivity contribution in [3.63, 3.8) is 0 Å². The van der Waals surface area contributed by atoms with E-state index in [0.717, 1.165) is 18.8 Å². The Labute approximate surface area is 173 Å². The van der Waals surface area contributed by atoms with Crippen LogP contribution in [0.4, 0.5) is 11.4 Å². The minimum atomic E-state index is -0.946. The summed E-state index contributed by atoms with van der Waals surface area (Å²) >= 11 is 1.34. The first kappa shape index (κ1) is 21.0. The minimum absolute atomic E-state index is 0.0530. The monoisotopic (exact) mass is 416 g/mol. The van der Waals surface area contributed by atoms with Crippen molar-refractivity contribution in [3.05, 3.63) is 46.7 Å². The number of hydrogen-bond acceptors (Lipinski definition) is 7. The van der Waals surface area contributed by atoms with Gasteiger partial charge in [-0.05, 0) is 42.6 Å². The Morgan fingerprint density at radius 3 is 2.52 bits per heavy atom. The van der Waals surface area contributed by atoms with E-state index in [1.54, 1.807) is 12.1 Å². The van der Waals surface area contributed by atoms with Crippen molar-refractivity contribution in [1.29, 1.82) is 0 Å². The number of nitrogens with zero attached hydrogens (tertiary/aromatic N) is 1. The van der Waals surface area contributed by atoms with E-state index in [1.807, 2.05) is 29.6 Å². The summed E-state index contributed by atoms with van der Waals surface area (Å²) in [5, 5.41) is 4.55. The Morgan fingerprint density at radius 2 is 1.86 bits per heavy atom. The smallest absolute Gasteiger partial charge is 0.307 e. The highest BCUT2D eigenvalue weighted by Gasteiger charge is 2.19. The number of esters is 1. The van der Waals surface area contributed by atoms with Gasteiger partial charge in [0, 0.05) is 30.9 Å². The maximum Gasteiger partial charge on any atom is 0.307 e. The van der Waals surface area contributed by atoms with Crippen molar-refractivity contribution < 1.29 is 23.9 Å². The van der Waals surface area contributed by atoms with Crippen molar-refractivity contribution in [1.82, 2.24) is 0 Å². The highest BCUT2D eigenvalue weighted by Crippen LogP contribution is 2.19. The van der Waals surface area contributed by atoms with Gasteiger partial charge in [-0.3, -0.25) is 14.4 Å². The van der Waals surface area contributed by atoms with Gasteiger partial charge in [0.25, 0.3) is 5.91 Å². The molecule has 0 radical (unpaired) electrons. The van der Waals surface area contributed by atoms with Crippen LogP contribution in [0.3, 0.4) is 0 Å². The standard InChI is InChI=1S/C21H24N2O5S/c1-15(28-20(25)9-8-18(24)19-3-2-14-29-19)21(26)22-16-4-6-17(7-5-16)23-10-12-27-13-11-23/h2-7,14-15H,8-13H2,1H3,(H,22,26)/t15-/m0/s1. The van der Waals surface area contributed by atoms with Gasteiger partial charge in [0.15, 0.2) is 11.9 Å². The second-order valence-corrected chi connectivity index (χ2v) is 7.62. The van der Waals surface area contributed by atoms with Crippen molar-refractivity contribution in [2.24, 2.45) is 0 Å². The molecule has 29 heavy (non-hydrogen) atoms. The number of rotatable bonds is 8. The number of nitrogens with one attached hydrogen (secondary N) is 1. The van der Waals surface area contributed by atoms with E-state index < -0.39 is 18.0 Å². The highest BCUT2D eigenvalue weighted by atomic mass is 32.1. The van der Waals surface area contributed by atoms with Crippen LogP contribution in [0.25, 0.3) is 0 Å². The SMILES string of the molecule is C[C@H](OC(=O)CCC(=O)c1cccs1)C(=O)Nc1ccc(N2CCOCC2)cc1. The summed E-state index contributed by atoms with van der Waals surface area (Å²) in [6.07, 6.45) is -0.933. The summed E-state index contributed by atoms with van der Waals surface area (Å²) < 4.78 is 10.5. The first-order chi connectivity index (χ1) is 14.0. The predicted molar refractivity (Wildman–Crippen MR) is 112 cm³/mol. The van der Waals surface area contributed by atoms with Crippen molar-refractivity contribution in [2.75, 3.05) is 36.5 Å². The Balaban J connectivity index is 1.43. The molecule has 1 N–H and O–H groups in total. The summed E-state index contributed by atoms with van der Waals surface area (Å²) in [5.41, 5.74) is 1.70. The average molecular weight is 416 g/mol. The topological polar surface area (TPSA) is 84.9 Å². The number of benzene rings is 1. The van der Waals surface area contributed by atoms with Crippen LogP contribution in [0.1, 0.15) is 29.4 Å². The lowest BCUT2D eigenvalue weighted by atomic mass is 10.2. The van der Waals surface area contributed by atoms with Crippen LogP contribution < -0.4 is 10.2 Å². The number of hydrogen-bond donors (Lipinski definition) is 1. The van der Waals surface area contributed by atoms with Gasteiger partial charge in [-0.15, -0.1) is 11.3 Å². The van der Waals surface area contributed by atoms with Gasteiger partial charge >= 0.3 is 5.97 Å². The zero-order valence-electron chi connectivity index (χ0n) is 16.3. The molecule has 1 fully saturated rings. The van der Waals surface area contributed by atoms with Crippen molar-refractivity contribution >= 4 is 40.4 Å². The molecule has 154 valence electrons. The summed E-state index contributed by atoms with van der Waals surface area (Å²) in [7, 11) is 0. The first-order valence-electron chi connectivity index (χ1n) is 9.53. The molecule has 7 nitrogen and oxygen atoms in total. The van der Waals surface area contributed by atoms with E-state index >= 15 is 0 Å². The molecule has 0 spiro atoms. The summed E-state index contributed by atoms with van der Waals surface area (Å²) in [4.78, 5) is 39.0. The number of carbonyl (C=O) groups is 3. The fourth-order valence-electron chi connectivity index (χ4n) is 2.91. The van der Waals surface area contributed by atoms with E-state index in [4.69, 9.17) is 9.47 Å². The van der Waals surface area contributed by atoms with Crippen molar-refractivity contribution in [2.45, 2.75) is 25.9 Å². The molecule has 1 saturated heterocycles. The summed E-state index contributed by atoms with van der Waals surface area (Å²) in [6.45, 7) is 4.61. The lowest BCUT2D eigenvalue weighted by Crippen LogP contribution is -2.36. The number of ketones is 1. The highest BCUT2D eigenvalue weighted by molar-refractivity contribution is 7.12. The molecule has 1 amide bonds. The zero-order chi connectivity index (χ0) is 20.6. The molecule has 1 aliphatic heterocycles. The van der Waals surface area contributed by atoms with Crippen LogP contribution in [0, 0.1) is 0 Å². The number of morpholine rings is 1. The van der Waals surface area contributed by atoms with Gasteiger partial charge in [0.05, 0.1) is 24.5 Å². The number of thiophene rings is 1. The Morgan fingerprint density at radius 1 is 1.14 bits per heavy atom. The number of ether oxygens (including phenoxy) is 2. The third kappa shape index (κ3) is 6.13. The molecule has 0 unspecified atom stereocenters. The van der Waals surface area contributed by atoms with E-state index in [0.29, 0.717) is 23.8 Å². The Bertz CT molecular complexity index is 829. The maximum atomic E-state index is 12.3. The molecule has 1 aliphatic rings. The van der Waals surface area contributed by atoms with Crippen LogP contribution >= 0.6 is 11.3 Å². The minimum Gasteiger partial charge on any atom is -0.453 e. The van der Waals surface area contributed by atoms with Crippen LogP contribution in [-0.4, -0.2) is 50.1 Å². The molecule has 3 rings (SSSR count). The normalized spacial score (nSPS) is 14.9. The molecular formula is C21H24N2O5S. The van der Waals surface area contributed by atoms with Gasteiger partial charge in [-0.25, -0.2) is 0 Å². The molecule has 2 aromatic rings. The second-order valence-electron chi connectivity index (χ2n) is 6.67. The molecule has 0 bridgehead atoms. The number of Topliss-reactive ketones (excluding diaryl/α,β-unsaturated/α-hetero) is 1. The lowest BCUT2D eigenvalue weighted by molar-refractivity contribution is -0.153. The Kier molecular flexibility index (Phi) is 7.37. The van der Waals surface area contributed by atoms with E-state index in [2.05, 4.69) is 10.2 Å². The maximum absolute atomic E-state index is 12.3. The molecule has 1 atom stereocenters. The second kappa shape index (κ2) is 10.2. The van der Waals surface area contributed by atoms with E-state index in [-0.39, 0.29) is 18.6 Å². The number of carbonyl (C=O) groups excluding carboxylic acids is 3. The first-order valence-corrected chi connectivity index (χ1v) is 10.4. The fourth-order valence-corrected chi connectivity index (χ4v) is 3.60. The quantitative estimate of drug-likeness (QED) is 0.526. The molecular weight excluding hydrogens is 392 g/mol. The molecule has 8 heteroatoms. The zero-order valence-corrected chi connectivity index (χ0v) is 17.1. The van der Waals surface area contributed by atoms with Crippen LogP contribution in [0.2, 0.25) is 0 Å². The van der Waals surface area contributed by atoms with Crippen molar-refractivity contribution in [3.8, 4) is 0 Å². The summed E-state index contributed by atoms with van der Waals surface area (Å²) in [5.74, 6) is -1.09. The molecule has 2 heterocycles. The molecule has 0 aliphatic carbocycles. The van der Waals surface area contributed by atoms with Gasteiger partial charge in [0.2, 0.25) is 0 Å². The average Bonchev–Trinajstić information content (AvgIpc) is 3.28. The molecule has 0 saturated carbocycles. The fraction of sp³-hybridized carbons (Fsp3) is 0.381. The van der Waals surface area contributed by atoms with Crippen LogP contribution in [0.15, 0.2) is 41.8 Å². The van der Waals surface area contributed by atoms with Gasteiger partial charge in [-0.2, -0.15) is 0 Å². The van der Waals surface area contributed by atoms with Gasteiger partial charge < -0.3 is 19.7 Å². The third-order valence-electron chi connectivity index (χ3n) is 4.54. The number of anilines is 2. The predicted octanol–water partition coefficient (Wildman–Crippen LogP) is 3.12.